The first-order chi connectivity index (χ1) is 12.6. The molecule has 0 bridgehead atoms. The Labute approximate surface area is 151 Å². The van der Waals surface area contributed by atoms with Gasteiger partial charge in [0.2, 0.25) is 0 Å². The number of benzene rings is 2. The van der Waals surface area contributed by atoms with Crippen LogP contribution < -0.4 is 5.32 Å². The lowest BCUT2D eigenvalue weighted by atomic mass is 10.0. The number of nitrogens with one attached hydrogen (secondary N) is 1. The van der Waals surface area contributed by atoms with E-state index in [2.05, 4.69) is 5.32 Å². The third-order valence-electron chi connectivity index (χ3n) is 4.24. The molecule has 1 amide bonds. The largest absolute Gasteiger partial charge is 0.376 e. The Morgan fingerprint density at radius 3 is 2.73 bits per heavy atom. The summed E-state index contributed by atoms with van der Waals surface area (Å²) in [5.74, 6) is -0.224. The van der Waals surface area contributed by atoms with Gasteiger partial charge >= 0.3 is 0 Å². The average molecular weight is 352 g/mol. The van der Waals surface area contributed by atoms with Gasteiger partial charge in [0.1, 0.15) is 0 Å². The van der Waals surface area contributed by atoms with E-state index in [0.717, 1.165) is 25.0 Å². The normalized spacial score (nSPS) is 17.1. The second-order valence-electron chi connectivity index (χ2n) is 6.12. The van der Waals surface area contributed by atoms with Crippen molar-refractivity contribution in [2.45, 2.75) is 18.9 Å². The Bertz CT molecular complexity index is 812. The predicted octanol–water partition coefficient (Wildman–Crippen LogP) is 3.43. The molecule has 0 saturated carbocycles. The van der Waals surface area contributed by atoms with Crippen molar-refractivity contribution in [3.05, 3.63) is 75.8 Å². The molecule has 1 N–H and O–H groups in total. The molecule has 6 heteroatoms. The molecule has 0 radical (unpaired) electrons. The van der Waals surface area contributed by atoms with Crippen molar-refractivity contribution in [1.82, 2.24) is 5.32 Å². The molecule has 26 heavy (non-hydrogen) atoms. The van der Waals surface area contributed by atoms with Crippen molar-refractivity contribution < 1.29 is 14.5 Å². The number of nitro groups is 1. The maximum absolute atomic E-state index is 12.8. The molecule has 2 aromatic carbocycles. The maximum atomic E-state index is 12.8. The highest BCUT2D eigenvalue weighted by Gasteiger charge is 2.18. The molecule has 0 aliphatic carbocycles. The average Bonchev–Trinajstić information content (AvgIpc) is 3.19. The van der Waals surface area contributed by atoms with Crippen molar-refractivity contribution in [2.24, 2.45) is 0 Å². The molecule has 6 nitrogen and oxygen atoms in total. The first-order valence-corrected chi connectivity index (χ1v) is 8.55. The van der Waals surface area contributed by atoms with Crippen LogP contribution in [0.25, 0.3) is 11.6 Å². The number of nitro benzene ring substituents is 1. The molecule has 1 heterocycles. The van der Waals surface area contributed by atoms with Crippen LogP contribution in [0.5, 0.6) is 0 Å². The Balaban J connectivity index is 1.86. The zero-order valence-corrected chi connectivity index (χ0v) is 14.3. The van der Waals surface area contributed by atoms with E-state index in [4.69, 9.17) is 4.74 Å². The zero-order valence-electron chi connectivity index (χ0n) is 14.3. The smallest absolute Gasteiger partial charge is 0.270 e. The summed E-state index contributed by atoms with van der Waals surface area (Å²) >= 11 is 0. The van der Waals surface area contributed by atoms with Gasteiger partial charge in [0.15, 0.2) is 0 Å². The van der Waals surface area contributed by atoms with Gasteiger partial charge in [0.05, 0.1) is 11.0 Å². The van der Waals surface area contributed by atoms with Gasteiger partial charge in [0.25, 0.3) is 11.6 Å². The molecule has 1 aliphatic rings. The Morgan fingerprint density at radius 2 is 2.04 bits per heavy atom. The summed E-state index contributed by atoms with van der Waals surface area (Å²) in [7, 11) is 0. The number of carbonyl (C=O) groups excluding carboxylic acids is 1. The summed E-state index contributed by atoms with van der Waals surface area (Å²) in [5.41, 5.74) is 1.81. The number of amides is 1. The van der Waals surface area contributed by atoms with Crippen LogP contribution in [-0.4, -0.2) is 30.1 Å². The summed E-state index contributed by atoms with van der Waals surface area (Å²) in [4.78, 5) is 23.3. The van der Waals surface area contributed by atoms with Gasteiger partial charge in [-0.3, -0.25) is 14.9 Å². The minimum absolute atomic E-state index is 0.00840. The van der Waals surface area contributed by atoms with E-state index in [0.29, 0.717) is 17.7 Å². The van der Waals surface area contributed by atoms with Gasteiger partial charge in [-0.25, -0.2) is 0 Å². The number of hydrogen-bond donors (Lipinski definition) is 1. The zero-order chi connectivity index (χ0) is 18.4. The molecule has 1 aliphatic heterocycles. The van der Waals surface area contributed by atoms with Crippen molar-refractivity contribution >= 4 is 23.2 Å². The fourth-order valence-corrected chi connectivity index (χ4v) is 2.90. The van der Waals surface area contributed by atoms with Gasteiger partial charge in [-0.1, -0.05) is 42.5 Å². The van der Waals surface area contributed by atoms with Gasteiger partial charge in [-0.05, 0) is 30.0 Å². The first kappa shape index (κ1) is 17.8. The lowest BCUT2D eigenvalue weighted by Crippen LogP contribution is -2.32. The monoisotopic (exact) mass is 352 g/mol. The van der Waals surface area contributed by atoms with Gasteiger partial charge in [0, 0.05) is 30.9 Å². The summed E-state index contributed by atoms with van der Waals surface area (Å²) < 4.78 is 5.54. The van der Waals surface area contributed by atoms with Crippen LogP contribution in [-0.2, 0) is 9.53 Å². The van der Waals surface area contributed by atoms with Crippen LogP contribution in [0.2, 0.25) is 0 Å². The van der Waals surface area contributed by atoms with E-state index in [1.807, 2.05) is 30.3 Å². The van der Waals surface area contributed by atoms with E-state index in [1.54, 1.807) is 18.2 Å². The van der Waals surface area contributed by atoms with Crippen LogP contribution in [0.15, 0.2) is 54.6 Å². The minimum Gasteiger partial charge on any atom is -0.376 e. The van der Waals surface area contributed by atoms with Crippen LogP contribution >= 0.6 is 0 Å². The summed E-state index contributed by atoms with van der Waals surface area (Å²) in [6.07, 6.45) is 3.67. The number of nitrogens with zero attached hydrogens (tertiary/aromatic N) is 1. The SMILES string of the molecule is O=C(NC[C@H]1CCCO1)/C(=C/c1cccc([N+](=O)[O-])c1)c1ccccc1. The molecule has 2 aromatic rings. The highest BCUT2D eigenvalue weighted by Crippen LogP contribution is 2.21. The highest BCUT2D eigenvalue weighted by atomic mass is 16.6. The summed E-state index contributed by atoms with van der Waals surface area (Å²) in [6.45, 7) is 1.19. The van der Waals surface area contributed by atoms with Gasteiger partial charge in [-0.15, -0.1) is 0 Å². The van der Waals surface area contributed by atoms with Crippen LogP contribution in [0.3, 0.4) is 0 Å². The van der Waals surface area contributed by atoms with E-state index < -0.39 is 4.92 Å². The molecule has 0 unspecified atom stereocenters. The quantitative estimate of drug-likeness (QED) is 0.374. The van der Waals surface area contributed by atoms with Gasteiger partial charge in [-0.2, -0.15) is 0 Å². The molecular formula is C20H20N2O4. The molecule has 1 atom stereocenters. The minimum atomic E-state index is -0.447. The maximum Gasteiger partial charge on any atom is 0.270 e. The highest BCUT2D eigenvalue weighted by molar-refractivity contribution is 6.24. The Kier molecular flexibility index (Phi) is 5.76. The Hall–Kier alpha value is -2.99. The molecule has 3 rings (SSSR count). The molecular weight excluding hydrogens is 332 g/mol. The van der Waals surface area contributed by atoms with E-state index >= 15 is 0 Å². The number of ether oxygens (including phenoxy) is 1. The van der Waals surface area contributed by atoms with Crippen LogP contribution in [0.1, 0.15) is 24.0 Å². The first-order valence-electron chi connectivity index (χ1n) is 8.55. The number of rotatable bonds is 6. The van der Waals surface area contributed by atoms with Crippen molar-refractivity contribution in [3.63, 3.8) is 0 Å². The number of non-ortho nitro benzene ring substituents is 1. The fraction of sp³-hybridized carbons (Fsp3) is 0.250. The van der Waals surface area contributed by atoms with E-state index in [-0.39, 0.29) is 17.7 Å². The Morgan fingerprint density at radius 1 is 1.23 bits per heavy atom. The predicted molar refractivity (Wildman–Crippen MR) is 99.4 cm³/mol. The van der Waals surface area contributed by atoms with E-state index in [1.165, 1.54) is 12.1 Å². The summed E-state index contributed by atoms with van der Waals surface area (Å²) in [6, 6.07) is 15.5. The molecule has 1 saturated heterocycles. The van der Waals surface area contributed by atoms with Crippen molar-refractivity contribution in [1.29, 1.82) is 0 Å². The number of hydrogen-bond acceptors (Lipinski definition) is 4. The molecule has 0 spiro atoms. The topological polar surface area (TPSA) is 81.5 Å². The molecule has 1 fully saturated rings. The fourth-order valence-electron chi connectivity index (χ4n) is 2.90. The third-order valence-corrected chi connectivity index (χ3v) is 4.24. The number of carbonyl (C=O) groups is 1. The molecule has 0 aromatic heterocycles. The lowest BCUT2D eigenvalue weighted by molar-refractivity contribution is -0.384. The standard InChI is InChI=1S/C20H20N2O4/c23-20(21-14-18-10-5-11-26-18)19(16-7-2-1-3-8-16)13-15-6-4-9-17(12-15)22(24)25/h1-4,6-9,12-13,18H,5,10-11,14H2,(H,21,23)/b19-13+/t18-/m1/s1. The van der Waals surface area contributed by atoms with Crippen LogP contribution in [0, 0.1) is 10.1 Å². The lowest BCUT2D eigenvalue weighted by Gasteiger charge is -2.13. The van der Waals surface area contributed by atoms with Crippen molar-refractivity contribution in [3.8, 4) is 0 Å². The van der Waals surface area contributed by atoms with Gasteiger partial charge < -0.3 is 10.1 Å². The second kappa shape index (κ2) is 8.40. The summed E-state index contributed by atoms with van der Waals surface area (Å²) in [5, 5.41) is 13.9. The third kappa shape index (κ3) is 4.55. The van der Waals surface area contributed by atoms with E-state index in [9.17, 15) is 14.9 Å². The van der Waals surface area contributed by atoms with Crippen LogP contribution in [0.4, 0.5) is 5.69 Å². The van der Waals surface area contributed by atoms with Crippen molar-refractivity contribution in [2.75, 3.05) is 13.2 Å². The second-order valence-corrected chi connectivity index (χ2v) is 6.12. The molecule has 134 valence electrons.